The first-order valence-electron chi connectivity index (χ1n) is 17.1. The maximum Gasteiger partial charge on any atom is 0.315 e. The molecular formula is C33H59N7O7S. The Bertz CT molecular complexity index is 1280. The predicted octanol–water partition coefficient (Wildman–Crippen LogP) is 1.64. The van der Waals surface area contributed by atoms with Gasteiger partial charge >= 0.3 is 6.03 Å². The van der Waals surface area contributed by atoms with Crippen molar-refractivity contribution in [3.8, 4) is 0 Å². The lowest BCUT2D eigenvalue weighted by atomic mass is 9.84. The second kappa shape index (κ2) is 17.6. The summed E-state index contributed by atoms with van der Waals surface area (Å²) in [6.07, 6.45) is 3.46. The Kier molecular flexibility index (Phi) is 15.1. The Labute approximate surface area is 287 Å². The smallest absolute Gasteiger partial charge is 0.315 e. The van der Waals surface area contributed by atoms with E-state index in [9.17, 15) is 32.4 Å². The van der Waals surface area contributed by atoms with E-state index in [4.69, 9.17) is 0 Å². The minimum atomic E-state index is -3.64. The van der Waals surface area contributed by atoms with E-state index in [1.54, 1.807) is 0 Å². The lowest BCUT2D eigenvalue weighted by molar-refractivity contribution is -0.144. The molecule has 2 rings (SSSR count). The van der Waals surface area contributed by atoms with Crippen molar-refractivity contribution >= 4 is 39.7 Å². The van der Waals surface area contributed by atoms with Gasteiger partial charge in [0, 0.05) is 45.8 Å². The average Bonchev–Trinajstić information content (AvgIpc) is 3.45. The predicted molar refractivity (Wildman–Crippen MR) is 185 cm³/mol. The molecule has 0 spiro atoms. The van der Waals surface area contributed by atoms with Gasteiger partial charge in [0.15, 0.2) is 0 Å². The van der Waals surface area contributed by atoms with Crippen LogP contribution in [0.15, 0.2) is 12.7 Å². The maximum atomic E-state index is 14.3. The number of likely N-dealkylation sites (tertiary alicyclic amines) is 1. The molecule has 0 bridgehead atoms. The normalized spacial score (nSPS) is 22.1. The summed E-state index contributed by atoms with van der Waals surface area (Å²) in [5, 5.41) is 11.0. The van der Waals surface area contributed by atoms with Crippen LogP contribution < -0.4 is 21.3 Å². The molecule has 0 aromatic rings. The van der Waals surface area contributed by atoms with Crippen molar-refractivity contribution in [2.24, 2.45) is 23.2 Å². The highest BCUT2D eigenvalue weighted by Crippen LogP contribution is 2.33. The SMILES string of the molecule is C=CCNC(=O)C(=O)C(CCC)NC(=O)[C@@H]1[C@@H](C(C)C)CCN1C(=O)[C@@H](NC(=O)N[C@H](CN1CCCN(C)S1(=O)=O)C(C)C)C(C)(C)C. The van der Waals surface area contributed by atoms with E-state index < -0.39 is 69.3 Å². The second-order valence-electron chi connectivity index (χ2n) is 14.7. The third-order valence-electron chi connectivity index (χ3n) is 9.20. The number of Topliss-reactive ketones (excluding diaryl/α,β-unsaturated/α-hetero) is 1. The summed E-state index contributed by atoms with van der Waals surface area (Å²) in [6.45, 7) is 19.8. The van der Waals surface area contributed by atoms with Gasteiger partial charge in [0.2, 0.25) is 17.6 Å². The molecular weight excluding hydrogens is 638 g/mol. The number of ketones is 1. The number of hydrogen-bond donors (Lipinski definition) is 4. The molecule has 0 aromatic heterocycles. The van der Waals surface area contributed by atoms with Gasteiger partial charge in [0.1, 0.15) is 12.1 Å². The standard InChI is InChI=1S/C33H59N7O7S/c1-11-14-24(27(41)30(43)34-16-12-2)35-29(42)26-23(21(3)4)15-19-40(26)31(44)28(33(7,8)9)37-32(45)36-25(22(5)6)20-39-18-13-17-38(10)48(39,46)47/h12,21-26,28H,2,11,13-20H2,1,3-10H3,(H,34,43)(H,35,42)(H2,36,37,45)/t23-,24?,25-,26+,28-/m1/s1. The van der Waals surface area contributed by atoms with Crippen LogP contribution in [0, 0.1) is 23.2 Å². The van der Waals surface area contributed by atoms with E-state index in [1.807, 2.05) is 55.4 Å². The number of carbonyl (C=O) groups excluding carboxylic acids is 5. The van der Waals surface area contributed by atoms with Crippen LogP contribution in [-0.2, 0) is 29.4 Å². The topological polar surface area (TPSA) is 177 Å². The van der Waals surface area contributed by atoms with E-state index in [1.165, 1.54) is 26.6 Å². The molecule has 2 aliphatic heterocycles. The fraction of sp³-hybridized carbons (Fsp3) is 0.788. The zero-order chi connectivity index (χ0) is 36.6. The summed E-state index contributed by atoms with van der Waals surface area (Å²) >= 11 is 0. The molecule has 1 unspecified atom stereocenters. The molecule has 15 heteroatoms. The summed E-state index contributed by atoms with van der Waals surface area (Å²) in [7, 11) is -2.11. The lowest BCUT2D eigenvalue weighted by Gasteiger charge is -2.38. The Balaban J connectivity index is 2.30. The largest absolute Gasteiger partial charge is 0.346 e. The van der Waals surface area contributed by atoms with Crippen LogP contribution in [0.4, 0.5) is 4.79 Å². The number of rotatable bonds is 15. The zero-order valence-electron chi connectivity index (χ0n) is 30.3. The van der Waals surface area contributed by atoms with Crippen LogP contribution in [0.25, 0.3) is 0 Å². The molecule has 2 aliphatic rings. The molecule has 0 radical (unpaired) electrons. The van der Waals surface area contributed by atoms with Crippen molar-refractivity contribution in [3.63, 3.8) is 0 Å². The lowest BCUT2D eigenvalue weighted by Crippen LogP contribution is -2.62. The van der Waals surface area contributed by atoms with Crippen LogP contribution >= 0.6 is 0 Å². The van der Waals surface area contributed by atoms with Crippen LogP contribution in [0.3, 0.4) is 0 Å². The summed E-state index contributed by atoms with van der Waals surface area (Å²) in [6, 6.07) is -4.16. The first kappa shape index (κ1) is 41.1. The zero-order valence-corrected chi connectivity index (χ0v) is 31.1. The Morgan fingerprint density at radius 1 is 0.979 bits per heavy atom. The van der Waals surface area contributed by atoms with Gasteiger partial charge in [0.25, 0.3) is 16.1 Å². The van der Waals surface area contributed by atoms with Crippen molar-refractivity contribution in [1.29, 1.82) is 0 Å². The van der Waals surface area contributed by atoms with Crippen molar-refractivity contribution in [2.45, 2.75) is 105 Å². The number of carbonyl (C=O) groups is 5. The Hall–Kier alpha value is -3.04. The third kappa shape index (κ3) is 10.5. The number of nitrogens with one attached hydrogen (secondary N) is 4. The van der Waals surface area contributed by atoms with Gasteiger partial charge in [-0.05, 0) is 42.4 Å². The summed E-state index contributed by atoms with van der Waals surface area (Å²) in [5.74, 6) is -2.85. The quantitative estimate of drug-likeness (QED) is 0.149. The minimum Gasteiger partial charge on any atom is -0.346 e. The van der Waals surface area contributed by atoms with Gasteiger partial charge in [0.05, 0.1) is 6.04 Å². The fourth-order valence-corrected chi connectivity index (χ4v) is 7.67. The van der Waals surface area contributed by atoms with Gasteiger partial charge in [-0.15, -0.1) is 6.58 Å². The summed E-state index contributed by atoms with van der Waals surface area (Å²) in [5.41, 5.74) is -0.762. The number of urea groups is 1. The van der Waals surface area contributed by atoms with Gasteiger partial charge in [-0.25, -0.2) is 4.79 Å². The molecule has 2 heterocycles. The number of amides is 5. The Morgan fingerprint density at radius 2 is 1.62 bits per heavy atom. The molecule has 0 aromatic carbocycles. The van der Waals surface area contributed by atoms with Crippen molar-refractivity contribution < 1.29 is 32.4 Å². The van der Waals surface area contributed by atoms with Gasteiger partial charge < -0.3 is 26.2 Å². The van der Waals surface area contributed by atoms with E-state index in [2.05, 4.69) is 27.8 Å². The maximum absolute atomic E-state index is 14.3. The molecule has 14 nitrogen and oxygen atoms in total. The van der Waals surface area contributed by atoms with Gasteiger partial charge in [-0.3, -0.25) is 19.2 Å². The highest BCUT2D eigenvalue weighted by molar-refractivity contribution is 7.86. The molecule has 0 aliphatic carbocycles. The monoisotopic (exact) mass is 697 g/mol. The molecule has 0 saturated carbocycles. The van der Waals surface area contributed by atoms with Crippen LogP contribution in [0.5, 0.6) is 0 Å². The van der Waals surface area contributed by atoms with Gasteiger partial charge in [-0.2, -0.15) is 17.0 Å². The Morgan fingerprint density at radius 3 is 2.17 bits per heavy atom. The molecule has 5 amide bonds. The van der Waals surface area contributed by atoms with Crippen molar-refractivity contribution in [3.05, 3.63) is 12.7 Å². The molecule has 2 fully saturated rings. The minimum absolute atomic E-state index is 0.0241. The van der Waals surface area contributed by atoms with E-state index >= 15 is 0 Å². The van der Waals surface area contributed by atoms with Crippen molar-refractivity contribution in [2.75, 3.05) is 39.8 Å². The summed E-state index contributed by atoms with van der Waals surface area (Å²) < 4.78 is 28.4. The van der Waals surface area contributed by atoms with E-state index in [-0.39, 0.29) is 43.8 Å². The number of hydrogen-bond acceptors (Lipinski definition) is 7. The highest BCUT2D eigenvalue weighted by atomic mass is 32.2. The number of nitrogens with zero attached hydrogens (tertiary/aromatic N) is 3. The fourth-order valence-electron chi connectivity index (χ4n) is 6.20. The third-order valence-corrected chi connectivity index (χ3v) is 11.2. The van der Waals surface area contributed by atoms with Gasteiger partial charge in [-0.1, -0.05) is 67.9 Å². The molecule has 274 valence electrons. The molecule has 5 atom stereocenters. The first-order chi connectivity index (χ1) is 22.3. The molecule has 48 heavy (non-hydrogen) atoms. The van der Waals surface area contributed by atoms with E-state index in [0.29, 0.717) is 32.4 Å². The highest BCUT2D eigenvalue weighted by Gasteiger charge is 2.48. The molecule has 4 N–H and O–H groups in total. The van der Waals surface area contributed by atoms with Crippen LogP contribution in [-0.4, -0.2) is 115 Å². The average molecular weight is 698 g/mol. The second-order valence-corrected chi connectivity index (χ2v) is 16.7. The van der Waals surface area contributed by atoms with Crippen molar-refractivity contribution in [1.82, 2.24) is 34.8 Å². The first-order valence-corrected chi connectivity index (χ1v) is 18.5. The summed E-state index contributed by atoms with van der Waals surface area (Å²) in [4.78, 5) is 68.6. The van der Waals surface area contributed by atoms with Crippen LogP contribution in [0.1, 0.15) is 81.1 Å². The molecule has 2 saturated heterocycles. The van der Waals surface area contributed by atoms with Crippen LogP contribution in [0.2, 0.25) is 0 Å². The van der Waals surface area contributed by atoms with E-state index in [0.717, 1.165) is 0 Å².